The second-order valence-electron chi connectivity index (χ2n) is 5.55. The van der Waals surface area contributed by atoms with E-state index in [1.165, 1.54) is 30.5 Å². The highest BCUT2D eigenvalue weighted by atomic mass is 19.1. The fraction of sp³-hybridized carbons (Fsp3) is 0.222. The minimum absolute atomic E-state index is 0.207. The van der Waals surface area contributed by atoms with Crippen LogP contribution < -0.4 is 0 Å². The van der Waals surface area contributed by atoms with Crippen molar-refractivity contribution in [2.75, 3.05) is 7.11 Å². The number of nitrogens with one attached hydrogen (secondary N) is 1. The minimum atomic E-state index is -0.367. The Balaban J connectivity index is 1.84. The molecule has 1 aliphatic carbocycles. The molecule has 1 aromatic heterocycles. The van der Waals surface area contributed by atoms with Crippen molar-refractivity contribution in [1.29, 1.82) is 0 Å². The first kappa shape index (κ1) is 15.2. The Morgan fingerprint density at radius 3 is 2.70 bits per heavy atom. The number of carbonyl (C=O) groups excluding carboxylic acids is 1. The molecule has 0 saturated carbocycles. The van der Waals surface area contributed by atoms with Crippen molar-refractivity contribution in [1.82, 2.24) is 9.97 Å². The first-order valence-corrected chi connectivity index (χ1v) is 7.39. The number of hydrogen-bond donors (Lipinski definition) is 1. The molecule has 0 radical (unpaired) electrons. The Hall–Kier alpha value is -2.69. The van der Waals surface area contributed by atoms with E-state index in [0.29, 0.717) is 17.1 Å². The smallest absolute Gasteiger partial charge is 0.210 e. The van der Waals surface area contributed by atoms with E-state index in [-0.39, 0.29) is 17.5 Å². The number of nitrogens with zero attached hydrogens (tertiary/aromatic N) is 1. The van der Waals surface area contributed by atoms with Crippen LogP contribution in [0.3, 0.4) is 0 Å². The molecule has 118 valence electrons. The maximum atomic E-state index is 12.9. The topological polar surface area (TPSA) is 55.0 Å². The molecule has 1 unspecified atom stereocenters. The second kappa shape index (κ2) is 6.20. The number of aromatic amines is 1. The third kappa shape index (κ3) is 3.08. The van der Waals surface area contributed by atoms with Gasteiger partial charge in [0, 0.05) is 11.5 Å². The number of methoxy groups -OCH3 is 1. The largest absolute Gasteiger partial charge is 0.501 e. The number of benzene rings is 1. The Labute approximate surface area is 133 Å². The fourth-order valence-corrected chi connectivity index (χ4v) is 2.65. The SMILES string of the molecule is COC1=CC=C(c2ncc(C(=O)c3ccc(F)cc3)[nH]2)CC1C. The van der Waals surface area contributed by atoms with Gasteiger partial charge >= 0.3 is 0 Å². The lowest BCUT2D eigenvalue weighted by Crippen LogP contribution is -2.07. The molecular formula is C18H17FN2O2. The predicted octanol–water partition coefficient (Wildman–Crippen LogP) is 3.73. The molecule has 1 aliphatic rings. The minimum Gasteiger partial charge on any atom is -0.501 e. The van der Waals surface area contributed by atoms with Crippen molar-refractivity contribution in [2.45, 2.75) is 13.3 Å². The zero-order chi connectivity index (χ0) is 16.4. The molecule has 1 atom stereocenters. The molecule has 0 fully saturated rings. The van der Waals surface area contributed by atoms with Gasteiger partial charge in [-0.1, -0.05) is 13.0 Å². The Morgan fingerprint density at radius 2 is 2.04 bits per heavy atom. The van der Waals surface area contributed by atoms with Gasteiger partial charge in [-0.2, -0.15) is 0 Å². The molecule has 0 amide bonds. The number of ether oxygens (including phenoxy) is 1. The molecule has 1 N–H and O–H groups in total. The van der Waals surface area contributed by atoms with Crippen LogP contribution in [0.15, 0.2) is 48.4 Å². The van der Waals surface area contributed by atoms with E-state index in [1.807, 2.05) is 12.2 Å². The number of ketones is 1. The van der Waals surface area contributed by atoms with Crippen LogP contribution in [0.5, 0.6) is 0 Å². The molecule has 3 rings (SSSR count). The van der Waals surface area contributed by atoms with Gasteiger partial charge in [0.15, 0.2) is 0 Å². The first-order valence-electron chi connectivity index (χ1n) is 7.39. The summed E-state index contributed by atoms with van der Waals surface area (Å²) in [6, 6.07) is 5.47. The van der Waals surface area contributed by atoms with Gasteiger partial charge in [0.25, 0.3) is 0 Å². The van der Waals surface area contributed by atoms with Gasteiger partial charge in [-0.15, -0.1) is 0 Å². The molecule has 2 aromatic rings. The number of rotatable bonds is 4. The summed E-state index contributed by atoms with van der Waals surface area (Å²) in [7, 11) is 1.66. The third-order valence-electron chi connectivity index (χ3n) is 3.93. The maximum Gasteiger partial charge on any atom is 0.210 e. The van der Waals surface area contributed by atoms with Gasteiger partial charge in [-0.05, 0) is 42.3 Å². The Morgan fingerprint density at radius 1 is 1.30 bits per heavy atom. The van der Waals surface area contributed by atoms with Crippen molar-refractivity contribution in [3.63, 3.8) is 0 Å². The van der Waals surface area contributed by atoms with E-state index in [1.54, 1.807) is 7.11 Å². The van der Waals surface area contributed by atoms with Crippen LogP contribution in [0, 0.1) is 11.7 Å². The Bertz CT molecular complexity index is 788. The van der Waals surface area contributed by atoms with Crippen molar-refractivity contribution >= 4 is 11.4 Å². The molecule has 0 spiro atoms. The van der Waals surface area contributed by atoms with Gasteiger partial charge in [0.1, 0.15) is 17.3 Å². The molecule has 0 aliphatic heterocycles. The summed E-state index contributed by atoms with van der Waals surface area (Å²) in [5.41, 5.74) is 1.84. The molecule has 5 heteroatoms. The quantitative estimate of drug-likeness (QED) is 0.875. The molecule has 1 aromatic carbocycles. The molecular weight excluding hydrogens is 295 g/mol. The van der Waals surface area contributed by atoms with Crippen LogP contribution in [0.1, 0.15) is 35.2 Å². The zero-order valence-electron chi connectivity index (χ0n) is 13.0. The van der Waals surface area contributed by atoms with E-state index in [4.69, 9.17) is 4.74 Å². The first-order chi connectivity index (χ1) is 11.1. The van der Waals surface area contributed by atoms with Gasteiger partial charge < -0.3 is 9.72 Å². The van der Waals surface area contributed by atoms with Crippen molar-refractivity contribution in [3.05, 3.63) is 71.3 Å². The predicted molar refractivity (Wildman–Crippen MR) is 85.3 cm³/mol. The number of hydrogen-bond acceptors (Lipinski definition) is 3. The van der Waals surface area contributed by atoms with Gasteiger partial charge in [-0.3, -0.25) is 4.79 Å². The van der Waals surface area contributed by atoms with Gasteiger partial charge in [0.05, 0.1) is 19.1 Å². The summed E-state index contributed by atoms with van der Waals surface area (Å²) in [6.07, 6.45) is 6.18. The molecule has 0 bridgehead atoms. The highest BCUT2D eigenvalue weighted by Crippen LogP contribution is 2.30. The summed E-state index contributed by atoms with van der Waals surface area (Å²) in [4.78, 5) is 19.7. The lowest BCUT2D eigenvalue weighted by Gasteiger charge is -2.19. The lowest BCUT2D eigenvalue weighted by molar-refractivity contribution is 0.103. The molecule has 0 saturated heterocycles. The number of imidazole rings is 1. The van der Waals surface area contributed by atoms with E-state index < -0.39 is 0 Å². The lowest BCUT2D eigenvalue weighted by atomic mass is 9.94. The van der Waals surface area contributed by atoms with Crippen molar-refractivity contribution < 1.29 is 13.9 Å². The maximum absolute atomic E-state index is 12.9. The highest BCUT2D eigenvalue weighted by Gasteiger charge is 2.20. The average molecular weight is 312 g/mol. The number of carbonyl (C=O) groups is 1. The number of aromatic nitrogens is 2. The van der Waals surface area contributed by atoms with Crippen LogP contribution in [-0.4, -0.2) is 22.9 Å². The average Bonchev–Trinajstić information content (AvgIpc) is 3.05. The zero-order valence-corrected chi connectivity index (χ0v) is 13.0. The third-order valence-corrected chi connectivity index (χ3v) is 3.93. The van der Waals surface area contributed by atoms with Crippen LogP contribution in [-0.2, 0) is 4.74 Å². The summed E-state index contributed by atoms with van der Waals surface area (Å²) in [5.74, 6) is 1.30. The van der Waals surface area contributed by atoms with E-state index in [0.717, 1.165) is 17.8 Å². The number of halogens is 1. The van der Waals surface area contributed by atoms with Crippen molar-refractivity contribution in [3.8, 4) is 0 Å². The normalized spacial score (nSPS) is 17.4. The van der Waals surface area contributed by atoms with Crippen LogP contribution in [0.2, 0.25) is 0 Å². The van der Waals surface area contributed by atoms with Crippen LogP contribution in [0.4, 0.5) is 4.39 Å². The van der Waals surface area contributed by atoms with Crippen LogP contribution >= 0.6 is 0 Å². The fourth-order valence-electron chi connectivity index (χ4n) is 2.65. The van der Waals surface area contributed by atoms with Crippen molar-refractivity contribution in [2.24, 2.45) is 5.92 Å². The van der Waals surface area contributed by atoms with E-state index in [9.17, 15) is 9.18 Å². The summed E-state index contributed by atoms with van der Waals surface area (Å²) >= 11 is 0. The summed E-state index contributed by atoms with van der Waals surface area (Å²) in [5, 5.41) is 0. The van der Waals surface area contributed by atoms with E-state index in [2.05, 4.69) is 16.9 Å². The van der Waals surface area contributed by atoms with Gasteiger partial charge in [-0.25, -0.2) is 9.37 Å². The Kier molecular flexibility index (Phi) is 4.10. The monoisotopic (exact) mass is 312 g/mol. The van der Waals surface area contributed by atoms with E-state index >= 15 is 0 Å². The molecule has 23 heavy (non-hydrogen) atoms. The second-order valence-corrected chi connectivity index (χ2v) is 5.55. The summed E-state index contributed by atoms with van der Waals surface area (Å²) in [6.45, 7) is 2.08. The number of H-pyrrole nitrogens is 1. The number of allylic oxidation sites excluding steroid dienone is 4. The molecule has 4 nitrogen and oxygen atoms in total. The van der Waals surface area contributed by atoms with Gasteiger partial charge in [0.2, 0.25) is 5.78 Å². The molecule has 1 heterocycles. The highest BCUT2D eigenvalue weighted by molar-refractivity contribution is 6.07. The standard InChI is InChI=1S/C18H17FN2O2/c1-11-9-13(5-8-16(11)23-2)18-20-10-15(21-18)17(22)12-3-6-14(19)7-4-12/h3-8,10-11H,9H2,1-2H3,(H,20,21). The summed E-state index contributed by atoms with van der Waals surface area (Å²) < 4.78 is 18.2. The van der Waals surface area contributed by atoms with Crippen LogP contribution in [0.25, 0.3) is 5.57 Å².